The van der Waals surface area contributed by atoms with Crippen LogP contribution in [0.4, 0.5) is 5.69 Å². The molecule has 9 nitrogen and oxygen atoms in total. The maximum Gasteiger partial charge on any atom is 0.289 e. The lowest BCUT2D eigenvalue weighted by Gasteiger charge is -2.26. The fraction of sp³-hybridized carbons (Fsp3) is 0.429. The van der Waals surface area contributed by atoms with Crippen molar-refractivity contribution in [3.8, 4) is 11.3 Å². The van der Waals surface area contributed by atoms with E-state index < -0.39 is 0 Å². The molecule has 0 spiro atoms. The van der Waals surface area contributed by atoms with Gasteiger partial charge < -0.3 is 25.4 Å². The molecule has 0 unspecified atom stereocenters. The van der Waals surface area contributed by atoms with E-state index in [0.29, 0.717) is 18.9 Å². The quantitative estimate of drug-likeness (QED) is 0.335. The summed E-state index contributed by atoms with van der Waals surface area (Å²) in [7, 11) is 0. The standard InChI is InChI=1S/C28H34N8O/c37-28(36-15-10-29-11-16-36)27-33-23-6-5-20(17-26(23)34-27)24-18-25(21-19-30-9-7-22(21)32-24)31-8-4-14-35-12-2-1-3-13-35/h5-7,9,17-19,29H,1-4,8,10-16H2,(H,31,32)(H,33,34). The van der Waals surface area contributed by atoms with E-state index in [2.05, 4.69) is 36.6 Å². The molecular weight excluding hydrogens is 464 g/mol. The molecule has 2 aliphatic rings. The van der Waals surface area contributed by atoms with Gasteiger partial charge in [0.15, 0.2) is 5.82 Å². The lowest BCUT2D eigenvalue weighted by molar-refractivity contribution is 0.0725. The number of aromatic amines is 1. The molecule has 0 aliphatic carbocycles. The highest BCUT2D eigenvalue weighted by Crippen LogP contribution is 2.29. The highest BCUT2D eigenvalue weighted by molar-refractivity contribution is 5.96. The highest BCUT2D eigenvalue weighted by atomic mass is 16.2. The molecule has 3 aromatic heterocycles. The van der Waals surface area contributed by atoms with E-state index in [-0.39, 0.29) is 5.91 Å². The number of benzene rings is 1. The number of carbonyl (C=O) groups is 1. The Kier molecular flexibility index (Phi) is 6.96. The van der Waals surface area contributed by atoms with Gasteiger partial charge in [0, 0.05) is 61.8 Å². The van der Waals surface area contributed by atoms with Crippen molar-refractivity contribution < 1.29 is 4.79 Å². The van der Waals surface area contributed by atoms with Crippen LogP contribution >= 0.6 is 0 Å². The Morgan fingerprint density at radius 2 is 1.84 bits per heavy atom. The normalized spacial score (nSPS) is 16.9. The van der Waals surface area contributed by atoms with Crippen LogP contribution in [0.1, 0.15) is 36.3 Å². The van der Waals surface area contributed by atoms with Crippen LogP contribution in [-0.2, 0) is 0 Å². The largest absolute Gasteiger partial charge is 0.384 e. The Hall–Kier alpha value is -3.56. The van der Waals surface area contributed by atoms with Gasteiger partial charge in [-0.2, -0.15) is 0 Å². The first-order valence-corrected chi connectivity index (χ1v) is 13.5. The number of nitrogens with zero attached hydrogens (tertiary/aromatic N) is 5. The fourth-order valence-electron chi connectivity index (χ4n) is 5.36. The van der Waals surface area contributed by atoms with Crippen molar-refractivity contribution in [2.75, 3.05) is 57.7 Å². The summed E-state index contributed by atoms with van der Waals surface area (Å²) in [5.41, 5.74) is 5.41. The van der Waals surface area contributed by atoms with Crippen molar-refractivity contribution in [2.24, 2.45) is 0 Å². The number of hydrogen-bond donors (Lipinski definition) is 3. The maximum atomic E-state index is 12.9. The zero-order chi connectivity index (χ0) is 25.0. The lowest BCUT2D eigenvalue weighted by atomic mass is 10.1. The zero-order valence-electron chi connectivity index (χ0n) is 21.2. The van der Waals surface area contributed by atoms with E-state index in [9.17, 15) is 4.79 Å². The van der Waals surface area contributed by atoms with Gasteiger partial charge in [-0.1, -0.05) is 12.5 Å². The number of likely N-dealkylation sites (tertiary alicyclic amines) is 1. The number of hydrogen-bond acceptors (Lipinski definition) is 7. The van der Waals surface area contributed by atoms with E-state index in [0.717, 1.165) is 71.5 Å². The predicted octanol–water partition coefficient (Wildman–Crippen LogP) is 3.51. The van der Waals surface area contributed by atoms with Crippen LogP contribution in [0.5, 0.6) is 0 Å². The molecule has 1 amide bonds. The monoisotopic (exact) mass is 498 g/mol. The summed E-state index contributed by atoms with van der Waals surface area (Å²) in [6, 6.07) is 10.1. The van der Waals surface area contributed by atoms with Crippen LogP contribution in [0.3, 0.4) is 0 Å². The number of carbonyl (C=O) groups excluding carboxylic acids is 1. The molecule has 5 heterocycles. The molecule has 4 aromatic rings. The number of aromatic nitrogens is 4. The lowest BCUT2D eigenvalue weighted by Crippen LogP contribution is -2.46. The molecule has 2 aliphatic heterocycles. The summed E-state index contributed by atoms with van der Waals surface area (Å²) in [6.07, 6.45) is 8.77. The Bertz CT molecular complexity index is 1390. The van der Waals surface area contributed by atoms with Crippen LogP contribution in [0.15, 0.2) is 42.7 Å². The Balaban J connectivity index is 1.23. The van der Waals surface area contributed by atoms with Crippen molar-refractivity contribution in [1.82, 2.24) is 35.1 Å². The Morgan fingerprint density at radius 1 is 0.973 bits per heavy atom. The van der Waals surface area contributed by atoms with Crippen LogP contribution in [0, 0.1) is 0 Å². The van der Waals surface area contributed by atoms with E-state index in [1.807, 2.05) is 35.4 Å². The van der Waals surface area contributed by atoms with Crippen LogP contribution in [0.25, 0.3) is 33.2 Å². The second kappa shape index (κ2) is 10.8. The van der Waals surface area contributed by atoms with Gasteiger partial charge >= 0.3 is 0 Å². The second-order valence-corrected chi connectivity index (χ2v) is 9.99. The molecule has 37 heavy (non-hydrogen) atoms. The SMILES string of the molecule is O=C(c1nc2cc(-c3cc(NCCCN4CCCCC4)c4cnccc4n3)ccc2[nH]1)N1CCNCC1. The van der Waals surface area contributed by atoms with Gasteiger partial charge in [-0.05, 0) is 63.2 Å². The maximum absolute atomic E-state index is 12.9. The Morgan fingerprint density at radius 3 is 2.70 bits per heavy atom. The summed E-state index contributed by atoms with van der Waals surface area (Å²) in [4.78, 5) is 34.4. The van der Waals surface area contributed by atoms with Gasteiger partial charge in [-0.15, -0.1) is 0 Å². The number of rotatable bonds is 7. The molecule has 0 saturated carbocycles. The summed E-state index contributed by atoms with van der Waals surface area (Å²) < 4.78 is 0. The molecule has 3 N–H and O–H groups in total. The minimum atomic E-state index is -0.0494. The van der Waals surface area contributed by atoms with E-state index in [4.69, 9.17) is 4.98 Å². The van der Waals surface area contributed by atoms with Gasteiger partial charge in [0.1, 0.15) is 0 Å². The number of nitrogens with one attached hydrogen (secondary N) is 3. The molecule has 6 rings (SSSR count). The van der Waals surface area contributed by atoms with Crippen LogP contribution in [-0.4, -0.2) is 88.0 Å². The number of anilines is 1. The summed E-state index contributed by atoms with van der Waals surface area (Å²) in [6.45, 7) is 7.51. The molecule has 1 aromatic carbocycles. The number of fused-ring (bicyclic) bond motifs is 2. The summed E-state index contributed by atoms with van der Waals surface area (Å²) in [5, 5.41) is 7.95. The smallest absolute Gasteiger partial charge is 0.289 e. The zero-order valence-corrected chi connectivity index (χ0v) is 21.2. The minimum absolute atomic E-state index is 0.0494. The molecule has 0 bridgehead atoms. The average molecular weight is 499 g/mol. The number of piperazine rings is 1. The highest BCUT2D eigenvalue weighted by Gasteiger charge is 2.21. The van der Waals surface area contributed by atoms with Gasteiger partial charge in [-0.25, -0.2) is 9.97 Å². The van der Waals surface area contributed by atoms with E-state index in [1.54, 1.807) is 6.20 Å². The number of H-pyrrole nitrogens is 1. The van der Waals surface area contributed by atoms with Crippen molar-refractivity contribution in [3.05, 3.63) is 48.5 Å². The molecule has 0 radical (unpaired) electrons. The number of amides is 1. The molecule has 2 saturated heterocycles. The molecule has 2 fully saturated rings. The minimum Gasteiger partial charge on any atom is -0.384 e. The van der Waals surface area contributed by atoms with Crippen LogP contribution < -0.4 is 10.6 Å². The van der Waals surface area contributed by atoms with Gasteiger partial charge in [0.25, 0.3) is 5.91 Å². The number of imidazole rings is 1. The Labute approximate surface area is 216 Å². The molecule has 9 heteroatoms. The third-order valence-electron chi connectivity index (χ3n) is 7.41. The number of piperidine rings is 1. The second-order valence-electron chi connectivity index (χ2n) is 9.99. The fourth-order valence-corrected chi connectivity index (χ4v) is 5.36. The predicted molar refractivity (Wildman–Crippen MR) is 147 cm³/mol. The van der Waals surface area contributed by atoms with Gasteiger partial charge in [0.05, 0.1) is 22.2 Å². The van der Waals surface area contributed by atoms with Crippen molar-refractivity contribution >= 4 is 33.5 Å². The third kappa shape index (κ3) is 5.28. The first-order chi connectivity index (χ1) is 18.2. The van der Waals surface area contributed by atoms with E-state index in [1.165, 1.54) is 32.4 Å². The van der Waals surface area contributed by atoms with Crippen molar-refractivity contribution in [3.63, 3.8) is 0 Å². The van der Waals surface area contributed by atoms with E-state index >= 15 is 0 Å². The molecule has 192 valence electrons. The summed E-state index contributed by atoms with van der Waals surface area (Å²) >= 11 is 0. The first-order valence-electron chi connectivity index (χ1n) is 13.5. The van der Waals surface area contributed by atoms with Crippen molar-refractivity contribution in [2.45, 2.75) is 25.7 Å². The van der Waals surface area contributed by atoms with Gasteiger partial charge in [-0.3, -0.25) is 9.78 Å². The molecule has 0 atom stereocenters. The van der Waals surface area contributed by atoms with Crippen LogP contribution in [0.2, 0.25) is 0 Å². The number of pyridine rings is 2. The molecular formula is C28H34N8O. The topological polar surface area (TPSA) is 102 Å². The van der Waals surface area contributed by atoms with Crippen molar-refractivity contribution in [1.29, 1.82) is 0 Å². The first kappa shape index (κ1) is 23.8. The average Bonchev–Trinajstić information content (AvgIpc) is 3.39. The van der Waals surface area contributed by atoms with Gasteiger partial charge in [0.2, 0.25) is 0 Å². The third-order valence-corrected chi connectivity index (χ3v) is 7.41. The summed E-state index contributed by atoms with van der Waals surface area (Å²) in [5.74, 6) is 0.342.